The summed E-state index contributed by atoms with van der Waals surface area (Å²) in [7, 11) is 0. The molecule has 3 atom stereocenters. The number of ether oxygens (including phenoxy) is 1. The third kappa shape index (κ3) is 2.83. The fourth-order valence-corrected chi connectivity index (χ4v) is 4.27. The van der Waals surface area contributed by atoms with Gasteiger partial charge in [-0.05, 0) is 30.2 Å². The van der Waals surface area contributed by atoms with Crippen LogP contribution in [0.1, 0.15) is 28.3 Å². The first-order valence-electron chi connectivity index (χ1n) is 8.43. The minimum absolute atomic E-state index is 0.0767. The minimum atomic E-state index is 0.0767. The lowest BCUT2D eigenvalue weighted by atomic mass is 9.84. The number of fused-ring (bicyclic) bond motifs is 1. The van der Waals surface area contributed by atoms with Crippen molar-refractivity contribution in [3.63, 3.8) is 0 Å². The van der Waals surface area contributed by atoms with Crippen LogP contribution in [0.2, 0.25) is 5.02 Å². The second-order valence-electron chi connectivity index (χ2n) is 6.58. The van der Waals surface area contributed by atoms with E-state index in [-0.39, 0.29) is 11.9 Å². The van der Waals surface area contributed by atoms with Crippen LogP contribution in [0, 0.1) is 5.92 Å². The highest BCUT2D eigenvalue weighted by molar-refractivity contribution is 6.30. The molecule has 3 nitrogen and oxygen atoms in total. The van der Waals surface area contributed by atoms with Crippen LogP contribution < -0.4 is 0 Å². The van der Waals surface area contributed by atoms with Gasteiger partial charge in [0.05, 0.1) is 6.61 Å². The Kier molecular flexibility index (Phi) is 4.30. The molecule has 2 saturated heterocycles. The zero-order valence-corrected chi connectivity index (χ0v) is 14.2. The third-order valence-corrected chi connectivity index (χ3v) is 5.47. The first-order chi connectivity index (χ1) is 11.7. The fourth-order valence-electron chi connectivity index (χ4n) is 4.08. The molecule has 0 radical (unpaired) electrons. The Hall–Kier alpha value is -1.84. The van der Waals surface area contributed by atoms with E-state index in [1.54, 1.807) is 12.1 Å². The molecule has 0 N–H and O–H groups in total. The van der Waals surface area contributed by atoms with Crippen LogP contribution in [-0.4, -0.2) is 36.6 Å². The highest BCUT2D eigenvalue weighted by Crippen LogP contribution is 2.41. The van der Waals surface area contributed by atoms with Gasteiger partial charge in [-0.25, -0.2) is 0 Å². The number of likely N-dealkylation sites (tertiary alicyclic amines) is 1. The number of benzene rings is 2. The average Bonchev–Trinajstić information content (AvgIpc) is 3.01. The standard InChI is InChI=1S/C20H20ClNO2/c21-16-8-4-7-15(11-16)20(23)22-12-17(14-5-2-1-3-6-14)18-13-24-10-9-19(18)22/h1-8,11,17-19H,9-10,12-13H2. The maximum atomic E-state index is 13.1. The quantitative estimate of drug-likeness (QED) is 0.826. The summed E-state index contributed by atoms with van der Waals surface area (Å²) in [6, 6.07) is 18.0. The van der Waals surface area contributed by atoms with Gasteiger partial charge in [0.2, 0.25) is 0 Å². The van der Waals surface area contributed by atoms with E-state index in [4.69, 9.17) is 16.3 Å². The molecule has 0 spiro atoms. The van der Waals surface area contributed by atoms with Crippen molar-refractivity contribution in [2.24, 2.45) is 5.92 Å². The molecule has 0 aromatic heterocycles. The number of halogens is 1. The first kappa shape index (κ1) is 15.7. The zero-order valence-electron chi connectivity index (χ0n) is 13.4. The van der Waals surface area contributed by atoms with Crippen LogP contribution in [-0.2, 0) is 4.74 Å². The number of nitrogens with zero attached hydrogens (tertiary/aromatic N) is 1. The third-order valence-electron chi connectivity index (χ3n) is 5.23. The zero-order chi connectivity index (χ0) is 16.5. The maximum Gasteiger partial charge on any atom is 0.254 e. The molecule has 1 amide bonds. The van der Waals surface area contributed by atoms with Crippen molar-refractivity contribution in [3.05, 3.63) is 70.7 Å². The summed E-state index contributed by atoms with van der Waals surface area (Å²) in [5.74, 6) is 0.775. The lowest BCUT2D eigenvalue weighted by Gasteiger charge is -2.32. The lowest BCUT2D eigenvalue weighted by Crippen LogP contribution is -2.42. The molecule has 2 aliphatic rings. The van der Waals surface area contributed by atoms with E-state index in [2.05, 4.69) is 24.3 Å². The Labute approximate surface area is 147 Å². The van der Waals surface area contributed by atoms with Gasteiger partial charge in [-0.3, -0.25) is 4.79 Å². The maximum absolute atomic E-state index is 13.1. The second-order valence-corrected chi connectivity index (χ2v) is 7.02. The van der Waals surface area contributed by atoms with E-state index in [1.807, 2.05) is 23.1 Å². The molecule has 0 saturated carbocycles. The van der Waals surface area contributed by atoms with E-state index in [0.29, 0.717) is 22.4 Å². The first-order valence-corrected chi connectivity index (χ1v) is 8.81. The van der Waals surface area contributed by atoms with E-state index < -0.39 is 0 Å². The molecule has 4 rings (SSSR count). The van der Waals surface area contributed by atoms with Gasteiger partial charge in [-0.1, -0.05) is 48.0 Å². The molecule has 0 aliphatic carbocycles. The molecular weight excluding hydrogens is 322 g/mol. The fraction of sp³-hybridized carbons (Fsp3) is 0.350. The highest BCUT2D eigenvalue weighted by atomic mass is 35.5. The summed E-state index contributed by atoms with van der Waals surface area (Å²) in [5, 5.41) is 0.600. The lowest BCUT2D eigenvalue weighted by molar-refractivity contribution is 0.0189. The molecular formula is C20H20ClNO2. The number of rotatable bonds is 2. The smallest absolute Gasteiger partial charge is 0.254 e. The van der Waals surface area contributed by atoms with E-state index >= 15 is 0 Å². The average molecular weight is 342 g/mol. The van der Waals surface area contributed by atoms with Crippen LogP contribution in [0.3, 0.4) is 0 Å². The number of amides is 1. The topological polar surface area (TPSA) is 29.5 Å². The molecule has 2 aliphatic heterocycles. The van der Waals surface area contributed by atoms with Gasteiger partial charge in [0.25, 0.3) is 5.91 Å². The molecule has 2 aromatic carbocycles. The van der Waals surface area contributed by atoms with Crippen LogP contribution in [0.15, 0.2) is 54.6 Å². The van der Waals surface area contributed by atoms with Crippen LogP contribution in [0.5, 0.6) is 0 Å². The van der Waals surface area contributed by atoms with Crippen molar-refractivity contribution < 1.29 is 9.53 Å². The molecule has 2 aromatic rings. The number of carbonyl (C=O) groups is 1. The summed E-state index contributed by atoms with van der Waals surface area (Å²) in [4.78, 5) is 15.1. The van der Waals surface area contributed by atoms with Crippen molar-refractivity contribution >= 4 is 17.5 Å². The van der Waals surface area contributed by atoms with Gasteiger partial charge >= 0.3 is 0 Å². The number of carbonyl (C=O) groups excluding carboxylic acids is 1. The van der Waals surface area contributed by atoms with Crippen molar-refractivity contribution in [2.45, 2.75) is 18.4 Å². The minimum Gasteiger partial charge on any atom is -0.381 e. The van der Waals surface area contributed by atoms with Gasteiger partial charge in [-0.2, -0.15) is 0 Å². The molecule has 4 heteroatoms. The van der Waals surface area contributed by atoms with Gasteiger partial charge in [0, 0.05) is 41.6 Å². The molecule has 2 heterocycles. The largest absolute Gasteiger partial charge is 0.381 e. The van der Waals surface area contributed by atoms with Crippen LogP contribution in [0.25, 0.3) is 0 Å². The highest BCUT2D eigenvalue weighted by Gasteiger charge is 2.45. The van der Waals surface area contributed by atoms with Gasteiger partial charge in [-0.15, -0.1) is 0 Å². The van der Waals surface area contributed by atoms with E-state index in [9.17, 15) is 4.79 Å². The normalized spacial score (nSPS) is 26.2. The monoisotopic (exact) mass is 341 g/mol. The summed E-state index contributed by atoms with van der Waals surface area (Å²) < 4.78 is 5.73. The van der Waals surface area contributed by atoms with Crippen molar-refractivity contribution in [1.82, 2.24) is 4.90 Å². The Balaban J connectivity index is 1.65. The molecule has 0 bridgehead atoms. The molecule has 24 heavy (non-hydrogen) atoms. The molecule has 3 unspecified atom stereocenters. The van der Waals surface area contributed by atoms with Crippen LogP contribution in [0.4, 0.5) is 0 Å². The van der Waals surface area contributed by atoms with Gasteiger partial charge in [0.15, 0.2) is 0 Å². The second kappa shape index (κ2) is 6.58. The number of hydrogen-bond acceptors (Lipinski definition) is 2. The van der Waals surface area contributed by atoms with Crippen LogP contribution >= 0.6 is 11.6 Å². The Morgan fingerprint density at radius 2 is 1.96 bits per heavy atom. The Bertz CT molecular complexity index is 733. The SMILES string of the molecule is O=C(c1cccc(Cl)c1)N1CC(c2ccccc2)C2COCCC21. The van der Waals surface area contributed by atoms with Crippen molar-refractivity contribution in [2.75, 3.05) is 19.8 Å². The Morgan fingerprint density at radius 1 is 1.12 bits per heavy atom. The number of hydrogen-bond donors (Lipinski definition) is 0. The summed E-state index contributed by atoms with van der Waals surface area (Å²) >= 11 is 6.07. The Morgan fingerprint density at radius 3 is 2.75 bits per heavy atom. The van der Waals surface area contributed by atoms with Crippen molar-refractivity contribution in [3.8, 4) is 0 Å². The summed E-state index contributed by atoms with van der Waals surface area (Å²) in [5.41, 5.74) is 1.96. The molecule has 2 fully saturated rings. The van der Waals surface area contributed by atoms with E-state index in [0.717, 1.165) is 26.2 Å². The summed E-state index contributed by atoms with van der Waals surface area (Å²) in [6.07, 6.45) is 0.903. The van der Waals surface area contributed by atoms with Gasteiger partial charge < -0.3 is 9.64 Å². The van der Waals surface area contributed by atoms with E-state index in [1.165, 1.54) is 5.56 Å². The summed E-state index contributed by atoms with van der Waals surface area (Å²) in [6.45, 7) is 2.19. The predicted molar refractivity (Wildman–Crippen MR) is 94.4 cm³/mol. The molecule has 124 valence electrons. The van der Waals surface area contributed by atoms with Gasteiger partial charge in [0.1, 0.15) is 0 Å². The van der Waals surface area contributed by atoms with Crippen molar-refractivity contribution in [1.29, 1.82) is 0 Å². The predicted octanol–water partition coefficient (Wildman–Crippen LogP) is 3.98.